The fourth-order valence-corrected chi connectivity index (χ4v) is 1.87. The predicted octanol–water partition coefficient (Wildman–Crippen LogP) is 4.09. The largest absolute Gasteiger partial charge is 0.390 e. The van der Waals surface area contributed by atoms with Gasteiger partial charge in [-0.15, -0.1) is 0 Å². The molecule has 0 saturated carbocycles. The molecule has 1 nitrogen and oxygen atoms in total. The molecule has 0 aliphatic carbocycles. The van der Waals surface area contributed by atoms with Gasteiger partial charge in [0, 0.05) is 0 Å². The first-order chi connectivity index (χ1) is 8.12. The Bertz CT molecular complexity index is 444. The Morgan fingerprint density at radius 3 is 2.39 bits per heavy atom. The lowest BCUT2D eigenvalue weighted by atomic mass is 9.81. The second-order valence-electron chi connectivity index (χ2n) is 4.43. The van der Waals surface area contributed by atoms with E-state index in [0.29, 0.717) is 5.56 Å². The summed E-state index contributed by atoms with van der Waals surface area (Å²) in [6, 6.07) is 5.09. The second-order valence-corrected chi connectivity index (χ2v) is 4.78. The fraction of sp³-hybridized carbons (Fsp3) is 0.417. The molecule has 0 bridgehead atoms. The van der Waals surface area contributed by atoms with E-state index in [1.54, 1.807) is 0 Å². The molecular formula is C12H11ClF4O. The predicted molar refractivity (Wildman–Crippen MR) is 59.7 cm³/mol. The summed E-state index contributed by atoms with van der Waals surface area (Å²) < 4.78 is 50.2. The van der Waals surface area contributed by atoms with E-state index in [-0.39, 0.29) is 6.42 Å². The highest BCUT2D eigenvalue weighted by atomic mass is 35.5. The number of halogens is 5. The Morgan fingerprint density at radius 2 is 1.94 bits per heavy atom. The molecule has 1 aromatic rings. The Labute approximate surface area is 107 Å². The number of carbonyl (C=O) groups is 1. The highest BCUT2D eigenvalue weighted by molar-refractivity contribution is 6.64. The maximum atomic E-state index is 12.9. The zero-order chi connectivity index (χ0) is 14.0. The first-order valence-corrected chi connectivity index (χ1v) is 5.51. The smallest absolute Gasteiger partial charge is 0.281 e. The van der Waals surface area contributed by atoms with Gasteiger partial charge < -0.3 is 0 Å². The second kappa shape index (κ2) is 5.26. The van der Waals surface area contributed by atoms with Crippen LogP contribution in [-0.4, -0.2) is 11.4 Å². The molecule has 0 N–H and O–H groups in total. The third-order valence-corrected chi connectivity index (χ3v) is 3.00. The molecule has 0 aliphatic heterocycles. The van der Waals surface area contributed by atoms with Gasteiger partial charge in [-0.05, 0) is 35.7 Å². The Morgan fingerprint density at radius 1 is 1.33 bits per heavy atom. The van der Waals surface area contributed by atoms with Crippen molar-refractivity contribution in [3.63, 3.8) is 0 Å². The van der Waals surface area contributed by atoms with Crippen LogP contribution < -0.4 is 0 Å². The minimum absolute atomic E-state index is 0.257. The van der Waals surface area contributed by atoms with E-state index in [1.165, 1.54) is 18.2 Å². The molecule has 1 rings (SSSR count). The van der Waals surface area contributed by atoms with Gasteiger partial charge in [0.2, 0.25) is 5.24 Å². The van der Waals surface area contributed by atoms with Crippen LogP contribution in [0.25, 0.3) is 0 Å². The Hall–Kier alpha value is -1.10. The van der Waals surface area contributed by atoms with Crippen LogP contribution >= 0.6 is 11.6 Å². The zero-order valence-corrected chi connectivity index (χ0v) is 10.3. The van der Waals surface area contributed by atoms with Gasteiger partial charge in [-0.1, -0.05) is 19.1 Å². The number of hydrogen-bond donors (Lipinski definition) is 0. The average molecular weight is 283 g/mol. The number of hydrogen-bond acceptors (Lipinski definition) is 1. The number of carbonyl (C=O) groups excluding carboxylic acids is 1. The molecule has 6 heteroatoms. The Balaban J connectivity index is 2.96. The lowest BCUT2D eigenvalue weighted by Gasteiger charge is -2.26. The highest BCUT2D eigenvalue weighted by Gasteiger charge is 2.43. The molecule has 0 aromatic heterocycles. The highest BCUT2D eigenvalue weighted by Crippen LogP contribution is 2.38. The number of rotatable bonds is 4. The lowest BCUT2D eigenvalue weighted by Crippen LogP contribution is -2.32. The van der Waals surface area contributed by atoms with Crippen molar-refractivity contribution in [2.75, 3.05) is 0 Å². The average Bonchev–Trinajstić information content (AvgIpc) is 2.13. The summed E-state index contributed by atoms with van der Waals surface area (Å²) in [5.74, 6) is -0.566. The Kier molecular flexibility index (Phi) is 4.37. The minimum Gasteiger partial charge on any atom is -0.281 e. The molecule has 0 aliphatic rings. The summed E-state index contributed by atoms with van der Waals surface area (Å²) in [7, 11) is 0. The molecule has 1 atom stereocenters. The van der Waals surface area contributed by atoms with E-state index in [0.717, 1.165) is 13.0 Å². The summed E-state index contributed by atoms with van der Waals surface area (Å²) in [6.07, 6.45) is -6.10. The summed E-state index contributed by atoms with van der Waals surface area (Å²) in [5, 5.41) is -1.08. The van der Waals surface area contributed by atoms with Gasteiger partial charge in [0.1, 0.15) is 5.82 Å². The molecule has 0 unspecified atom stereocenters. The molecule has 0 heterocycles. The summed E-state index contributed by atoms with van der Waals surface area (Å²) in [6.45, 7) is 1.13. The van der Waals surface area contributed by atoms with Crippen LogP contribution in [-0.2, 0) is 11.2 Å². The van der Waals surface area contributed by atoms with E-state index < -0.39 is 29.1 Å². The first-order valence-electron chi connectivity index (χ1n) is 5.13. The quantitative estimate of drug-likeness (QED) is 0.600. The molecule has 0 saturated heterocycles. The fourth-order valence-electron chi connectivity index (χ4n) is 1.74. The summed E-state index contributed by atoms with van der Waals surface area (Å²) in [5.41, 5.74) is -1.48. The van der Waals surface area contributed by atoms with E-state index in [9.17, 15) is 22.4 Å². The molecular weight excluding hydrogens is 272 g/mol. The third kappa shape index (κ3) is 4.29. The van der Waals surface area contributed by atoms with Gasteiger partial charge in [0.05, 0.1) is 11.8 Å². The van der Waals surface area contributed by atoms with Crippen molar-refractivity contribution in [3.05, 3.63) is 35.6 Å². The van der Waals surface area contributed by atoms with Gasteiger partial charge >= 0.3 is 6.18 Å². The van der Waals surface area contributed by atoms with Crippen molar-refractivity contribution in [1.29, 1.82) is 0 Å². The SMILES string of the molecule is C[C@@](Cc1cccc(F)c1)(CC(F)(F)F)C(=O)Cl. The number of benzene rings is 1. The number of alkyl halides is 3. The van der Waals surface area contributed by atoms with Gasteiger partial charge in [0.15, 0.2) is 0 Å². The monoisotopic (exact) mass is 282 g/mol. The molecule has 100 valence electrons. The van der Waals surface area contributed by atoms with E-state index in [4.69, 9.17) is 11.6 Å². The maximum Gasteiger partial charge on any atom is 0.390 e. The molecule has 0 fully saturated rings. The molecule has 0 amide bonds. The van der Waals surface area contributed by atoms with Crippen molar-refractivity contribution in [2.45, 2.75) is 25.9 Å². The van der Waals surface area contributed by atoms with E-state index in [1.807, 2.05) is 0 Å². The van der Waals surface area contributed by atoms with Crippen molar-refractivity contribution < 1.29 is 22.4 Å². The standard InChI is InChI=1S/C12H11ClF4O/c1-11(10(13)18,7-12(15,16)17)6-8-3-2-4-9(14)5-8/h2-5H,6-7H2,1H3/t11-/m1/s1. The van der Waals surface area contributed by atoms with Gasteiger partial charge in [-0.3, -0.25) is 4.79 Å². The first kappa shape index (κ1) is 15.0. The van der Waals surface area contributed by atoms with Crippen LogP contribution in [0.4, 0.5) is 17.6 Å². The van der Waals surface area contributed by atoms with Crippen molar-refractivity contribution in [2.24, 2.45) is 5.41 Å². The minimum atomic E-state index is -4.51. The van der Waals surface area contributed by atoms with Crippen LogP contribution in [0.1, 0.15) is 18.9 Å². The molecule has 0 radical (unpaired) electrons. The van der Waals surface area contributed by atoms with Crippen LogP contribution in [0.15, 0.2) is 24.3 Å². The van der Waals surface area contributed by atoms with Crippen molar-refractivity contribution >= 4 is 16.8 Å². The lowest BCUT2D eigenvalue weighted by molar-refractivity contribution is -0.161. The maximum absolute atomic E-state index is 12.9. The normalized spacial score (nSPS) is 15.2. The molecule has 0 spiro atoms. The van der Waals surface area contributed by atoms with Gasteiger partial charge in [0.25, 0.3) is 0 Å². The zero-order valence-electron chi connectivity index (χ0n) is 9.52. The third-order valence-electron chi connectivity index (χ3n) is 2.55. The summed E-state index contributed by atoms with van der Waals surface area (Å²) >= 11 is 5.25. The van der Waals surface area contributed by atoms with Gasteiger partial charge in [-0.25, -0.2) is 4.39 Å². The molecule has 1 aromatic carbocycles. The van der Waals surface area contributed by atoms with Gasteiger partial charge in [-0.2, -0.15) is 13.2 Å². The topological polar surface area (TPSA) is 17.1 Å². The summed E-state index contributed by atoms with van der Waals surface area (Å²) in [4.78, 5) is 11.2. The van der Waals surface area contributed by atoms with Crippen LogP contribution in [0.5, 0.6) is 0 Å². The van der Waals surface area contributed by atoms with E-state index >= 15 is 0 Å². The van der Waals surface area contributed by atoms with Crippen LogP contribution in [0.3, 0.4) is 0 Å². The van der Waals surface area contributed by atoms with Crippen molar-refractivity contribution in [1.82, 2.24) is 0 Å². The van der Waals surface area contributed by atoms with Crippen LogP contribution in [0.2, 0.25) is 0 Å². The van der Waals surface area contributed by atoms with Crippen molar-refractivity contribution in [3.8, 4) is 0 Å². The van der Waals surface area contributed by atoms with E-state index in [2.05, 4.69) is 0 Å². The molecule has 18 heavy (non-hydrogen) atoms. The van der Waals surface area contributed by atoms with Crippen LogP contribution in [0, 0.1) is 11.2 Å².